The van der Waals surface area contributed by atoms with Crippen molar-refractivity contribution in [3.05, 3.63) is 66.0 Å². The Morgan fingerprint density at radius 1 is 1.09 bits per heavy atom. The smallest absolute Gasteiger partial charge is 0.405 e. The van der Waals surface area contributed by atoms with Crippen LogP contribution in [0.3, 0.4) is 0 Å². The zero-order valence-corrected chi connectivity index (χ0v) is 19.0. The molecule has 1 aliphatic heterocycles. The molecule has 0 aliphatic carbocycles. The predicted molar refractivity (Wildman–Crippen MR) is 129 cm³/mol. The van der Waals surface area contributed by atoms with Crippen LogP contribution in [0.4, 0.5) is 22.4 Å². The summed E-state index contributed by atoms with van der Waals surface area (Å²) in [6.45, 7) is 3.77. The molecule has 0 radical (unpaired) electrons. The summed E-state index contributed by atoms with van der Waals surface area (Å²) in [7, 11) is 0. The van der Waals surface area contributed by atoms with Gasteiger partial charge in [-0.05, 0) is 24.6 Å². The lowest BCUT2D eigenvalue weighted by Gasteiger charge is -2.36. The third-order valence-corrected chi connectivity index (χ3v) is 5.85. The number of H-pyrrole nitrogens is 1. The molecule has 2 amide bonds. The predicted octanol–water partition coefficient (Wildman–Crippen LogP) is 2.16. The topological polar surface area (TPSA) is 144 Å². The Morgan fingerprint density at radius 2 is 1.86 bits per heavy atom. The van der Waals surface area contributed by atoms with E-state index < -0.39 is 12.1 Å². The Bertz CT molecular complexity index is 1340. The number of aryl methyl sites for hydroxylation is 1. The summed E-state index contributed by atoms with van der Waals surface area (Å²) in [6.07, 6.45) is 0.606. The molecule has 4 aromatic rings. The van der Waals surface area contributed by atoms with Crippen LogP contribution in [0, 0.1) is 6.92 Å². The molecule has 1 aromatic carbocycles. The third-order valence-electron chi connectivity index (χ3n) is 5.85. The minimum absolute atomic E-state index is 0.281. The number of carbonyl (C=O) groups is 2. The summed E-state index contributed by atoms with van der Waals surface area (Å²) in [5.74, 6) is 1.53. The van der Waals surface area contributed by atoms with Gasteiger partial charge in [-0.2, -0.15) is 10.1 Å². The van der Waals surface area contributed by atoms with Crippen molar-refractivity contribution in [1.82, 2.24) is 35.0 Å². The minimum Gasteiger partial charge on any atom is -0.465 e. The molecule has 0 unspecified atom stereocenters. The number of aromatic amines is 1. The highest BCUT2D eigenvalue weighted by Gasteiger charge is 2.30. The summed E-state index contributed by atoms with van der Waals surface area (Å²) >= 11 is 0. The number of amides is 2. The number of anilines is 3. The molecule has 35 heavy (non-hydrogen) atoms. The summed E-state index contributed by atoms with van der Waals surface area (Å²) in [5, 5.41) is 26.6. The fraction of sp³-hybridized carbons (Fsp3) is 0.261. The maximum Gasteiger partial charge on any atom is 0.405 e. The van der Waals surface area contributed by atoms with Gasteiger partial charge in [0.1, 0.15) is 11.6 Å². The molecule has 4 heterocycles. The second-order valence-electron chi connectivity index (χ2n) is 8.27. The standard InChI is InChI=1S/C23H25N9O3/c1-15-14-18(28-27-15)24-20-17-8-5-9-32(17)29-22(26-20)31-12-10-30(11-13-31)21(33)19(25-23(34)35)16-6-3-2-4-7-16/h2-9,14,19,25H,10-13H2,1H3,(H,34,35)(H2,24,26,27,28,29)/t19-/m1/s1. The number of aromatic nitrogens is 5. The van der Waals surface area contributed by atoms with Crippen LogP contribution in [0.15, 0.2) is 54.7 Å². The zero-order chi connectivity index (χ0) is 24.4. The number of hydrogen-bond acceptors (Lipinski definition) is 7. The normalized spacial score (nSPS) is 14.7. The summed E-state index contributed by atoms with van der Waals surface area (Å²) in [4.78, 5) is 32.9. The average molecular weight is 476 g/mol. The van der Waals surface area contributed by atoms with Crippen LogP contribution in [0.25, 0.3) is 5.52 Å². The van der Waals surface area contributed by atoms with E-state index in [1.54, 1.807) is 33.7 Å². The number of carbonyl (C=O) groups excluding carboxylic acids is 1. The number of hydrogen-bond donors (Lipinski definition) is 4. The van der Waals surface area contributed by atoms with Crippen LogP contribution >= 0.6 is 0 Å². The van der Waals surface area contributed by atoms with Crippen molar-refractivity contribution >= 4 is 35.1 Å². The molecule has 0 saturated carbocycles. The lowest BCUT2D eigenvalue weighted by Crippen LogP contribution is -2.52. The molecule has 1 atom stereocenters. The number of nitrogens with zero attached hydrogens (tertiary/aromatic N) is 6. The van der Waals surface area contributed by atoms with Crippen molar-refractivity contribution in [1.29, 1.82) is 0 Å². The van der Waals surface area contributed by atoms with Gasteiger partial charge in [-0.3, -0.25) is 9.89 Å². The summed E-state index contributed by atoms with van der Waals surface area (Å²) < 4.78 is 1.75. The first-order chi connectivity index (χ1) is 17.0. The van der Waals surface area contributed by atoms with Gasteiger partial charge in [0.15, 0.2) is 11.6 Å². The van der Waals surface area contributed by atoms with E-state index in [-0.39, 0.29) is 5.91 Å². The van der Waals surface area contributed by atoms with Gasteiger partial charge in [0.2, 0.25) is 11.9 Å². The summed E-state index contributed by atoms with van der Waals surface area (Å²) in [6, 6.07) is 13.6. The number of nitrogens with one attached hydrogen (secondary N) is 3. The van der Waals surface area contributed by atoms with Crippen LogP contribution in [-0.4, -0.2) is 73.0 Å². The maximum absolute atomic E-state index is 13.2. The van der Waals surface area contributed by atoms with Crippen LogP contribution in [0.2, 0.25) is 0 Å². The number of carboxylic acid groups (broad SMARTS) is 1. The molecular weight excluding hydrogens is 450 g/mol. The number of fused-ring (bicyclic) bond motifs is 1. The Balaban J connectivity index is 1.32. The molecule has 0 spiro atoms. The average Bonchev–Trinajstić information content (AvgIpc) is 3.51. The number of piperazine rings is 1. The van der Waals surface area contributed by atoms with Crippen molar-refractivity contribution < 1.29 is 14.7 Å². The molecule has 1 saturated heterocycles. The molecular formula is C23H25N9O3. The molecule has 3 aromatic heterocycles. The number of rotatable bonds is 6. The molecule has 1 fully saturated rings. The largest absolute Gasteiger partial charge is 0.465 e. The van der Waals surface area contributed by atoms with Crippen LogP contribution in [0.1, 0.15) is 17.3 Å². The fourth-order valence-corrected chi connectivity index (χ4v) is 4.12. The van der Waals surface area contributed by atoms with Crippen LogP contribution < -0.4 is 15.5 Å². The Kier molecular flexibility index (Phi) is 5.92. The van der Waals surface area contributed by atoms with E-state index >= 15 is 0 Å². The van der Waals surface area contributed by atoms with Crippen molar-refractivity contribution in [3.63, 3.8) is 0 Å². The van der Waals surface area contributed by atoms with Crippen molar-refractivity contribution in [2.24, 2.45) is 0 Å². The van der Waals surface area contributed by atoms with Crippen molar-refractivity contribution in [3.8, 4) is 0 Å². The van der Waals surface area contributed by atoms with E-state index in [1.807, 2.05) is 42.3 Å². The van der Waals surface area contributed by atoms with Gasteiger partial charge in [-0.25, -0.2) is 9.31 Å². The Hall–Kier alpha value is -4.61. The van der Waals surface area contributed by atoms with E-state index in [9.17, 15) is 14.7 Å². The monoisotopic (exact) mass is 475 g/mol. The van der Waals surface area contributed by atoms with E-state index in [4.69, 9.17) is 4.98 Å². The van der Waals surface area contributed by atoms with Gasteiger partial charge in [-0.1, -0.05) is 30.3 Å². The SMILES string of the molecule is Cc1cc(Nc2nc(N3CCN(C(=O)[C@H](NC(=O)O)c4ccccc4)CC3)nn3cccc23)n[nH]1. The van der Waals surface area contributed by atoms with Gasteiger partial charge in [0.05, 0.1) is 0 Å². The molecule has 5 rings (SSSR count). The van der Waals surface area contributed by atoms with Gasteiger partial charge >= 0.3 is 6.09 Å². The fourth-order valence-electron chi connectivity index (χ4n) is 4.12. The quantitative estimate of drug-likeness (QED) is 0.332. The Labute approximate surface area is 200 Å². The lowest BCUT2D eigenvalue weighted by molar-refractivity contribution is -0.133. The first-order valence-electron chi connectivity index (χ1n) is 11.2. The zero-order valence-electron chi connectivity index (χ0n) is 19.0. The van der Waals surface area contributed by atoms with E-state index in [0.717, 1.165) is 11.2 Å². The maximum atomic E-state index is 13.2. The van der Waals surface area contributed by atoms with Gasteiger partial charge in [-0.15, -0.1) is 5.10 Å². The molecule has 4 N–H and O–H groups in total. The summed E-state index contributed by atoms with van der Waals surface area (Å²) in [5.41, 5.74) is 2.35. The first kappa shape index (κ1) is 22.2. The first-order valence-corrected chi connectivity index (χ1v) is 11.2. The van der Waals surface area contributed by atoms with Gasteiger partial charge in [0.25, 0.3) is 0 Å². The second kappa shape index (κ2) is 9.33. The Morgan fingerprint density at radius 3 is 2.54 bits per heavy atom. The highest BCUT2D eigenvalue weighted by molar-refractivity contribution is 5.86. The van der Waals surface area contributed by atoms with E-state index in [0.29, 0.717) is 49.3 Å². The van der Waals surface area contributed by atoms with Gasteiger partial charge < -0.3 is 25.5 Å². The molecule has 1 aliphatic rings. The lowest BCUT2D eigenvalue weighted by atomic mass is 10.1. The molecule has 12 nitrogen and oxygen atoms in total. The van der Waals surface area contributed by atoms with Crippen molar-refractivity contribution in [2.75, 3.05) is 36.4 Å². The molecule has 0 bridgehead atoms. The minimum atomic E-state index is -1.24. The van der Waals surface area contributed by atoms with E-state index in [1.165, 1.54) is 0 Å². The third kappa shape index (κ3) is 4.71. The van der Waals surface area contributed by atoms with Crippen LogP contribution in [0.5, 0.6) is 0 Å². The van der Waals surface area contributed by atoms with Crippen molar-refractivity contribution in [2.45, 2.75) is 13.0 Å². The van der Waals surface area contributed by atoms with Crippen LogP contribution in [-0.2, 0) is 4.79 Å². The highest BCUT2D eigenvalue weighted by atomic mass is 16.4. The molecule has 12 heteroatoms. The number of benzene rings is 1. The second-order valence-corrected chi connectivity index (χ2v) is 8.27. The highest BCUT2D eigenvalue weighted by Crippen LogP contribution is 2.23. The van der Waals surface area contributed by atoms with Gasteiger partial charge in [0, 0.05) is 44.1 Å². The van der Waals surface area contributed by atoms with E-state index in [2.05, 4.69) is 25.9 Å². The molecule has 180 valence electrons.